The van der Waals surface area contributed by atoms with Crippen molar-refractivity contribution in [3.63, 3.8) is 0 Å². The average molecular weight is 376 g/mol. The second-order valence-corrected chi connectivity index (χ2v) is 8.26. The van der Waals surface area contributed by atoms with E-state index in [-0.39, 0.29) is 24.3 Å². The quantitative estimate of drug-likeness (QED) is 0.794. The number of halogens is 1. The molecule has 2 bridgehead atoms. The van der Waals surface area contributed by atoms with Crippen molar-refractivity contribution in [1.82, 2.24) is 5.32 Å². The lowest BCUT2D eigenvalue weighted by Gasteiger charge is -2.13. The van der Waals surface area contributed by atoms with E-state index >= 15 is 0 Å². The lowest BCUT2D eigenvalue weighted by Crippen LogP contribution is -2.28. The Bertz CT molecular complexity index is 762. The number of fused-ring (bicyclic) bond motifs is 2. The number of anilines is 1. The zero-order valence-corrected chi connectivity index (χ0v) is 15.0. The van der Waals surface area contributed by atoms with E-state index in [1.165, 1.54) is 18.2 Å². The number of nitrogens with one attached hydrogen (secondary N) is 2. The monoisotopic (exact) mass is 375 g/mol. The van der Waals surface area contributed by atoms with Crippen molar-refractivity contribution in [2.75, 3.05) is 5.32 Å². The van der Waals surface area contributed by atoms with Crippen LogP contribution < -0.4 is 10.6 Å². The van der Waals surface area contributed by atoms with Crippen LogP contribution >= 0.6 is 23.4 Å². The number of rotatable bonds is 4. The third-order valence-corrected chi connectivity index (χ3v) is 6.15. The Morgan fingerprint density at radius 1 is 1.28 bits per heavy atom. The highest BCUT2D eigenvalue weighted by Crippen LogP contribution is 2.41. The number of hydrogen-bond acceptors (Lipinski definition) is 4. The summed E-state index contributed by atoms with van der Waals surface area (Å²) in [5, 5.41) is 6.44. The molecular weight excluding hydrogens is 358 g/mol. The number of benzene rings is 1. The van der Waals surface area contributed by atoms with E-state index < -0.39 is 5.25 Å². The van der Waals surface area contributed by atoms with Gasteiger partial charge in [-0.05, 0) is 48.9 Å². The van der Waals surface area contributed by atoms with Gasteiger partial charge in [0.2, 0.25) is 11.8 Å². The van der Waals surface area contributed by atoms with Gasteiger partial charge < -0.3 is 10.6 Å². The molecule has 0 spiro atoms. The fourth-order valence-electron chi connectivity index (χ4n) is 3.57. The van der Waals surface area contributed by atoms with Crippen molar-refractivity contribution >= 4 is 46.0 Å². The maximum Gasteiger partial charge on any atom is 0.240 e. The number of nitrogens with zero attached hydrogens (tertiary/aromatic N) is 1. The number of amidine groups is 1. The number of carbonyl (C=O) groups excluding carboxylic acids is 2. The van der Waals surface area contributed by atoms with Gasteiger partial charge >= 0.3 is 0 Å². The Kier molecular flexibility index (Phi) is 4.56. The molecule has 2 fully saturated rings. The van der Waals surface area contributed by atoms with Gasteiger partial charge in [-0.25, -0.2) is 0 Å². The van der Waals surface area contributed by atoms with Crippen LogP contribution in [0.15, 0.2) is 41.4 Å². The van der Waals surface area contributed by atoms with Crippen LogP contribution in [-0.2, 0) is 9.59 Å². The molecule has 5 nitrogen and oxygen atoms in total. The summed E-state index contributed by atoms with van der Waals surface area (Å²) in [7, 11) is 0. The third-order valence-electron chi connectivity index (χ3n) is 4.80. The number of aliphatic imine (C=N–C) groups is 1. The van der Waals surface area contributed by atoms with Crippen LogP contribution in [0.25, 0.3) is 0 Å². The fraction of sp³-hybridized carbons (Fsp3) is 0.389. The Labute approximate surface area is 155 Å². The van der Waals surface area contributed by atoms with Crippen LogP contribution in [0.2, 0.25) is 5.02 Å². The van der Waals surface area contributed by atoms with Crippen molar-refractivity contribution in [3.05, 3.63) is 41.4 Å². The van der Waals surface area contributed by atoms with Gasteiger partial charge in [0, 0.05) is 17.1 Å². The molecule has 1 heterocycles. The van der Waals surface area contributed by atoms with Gasteiger partial charge in [-0.2, -0.15) is 0 Å². The maximum absolute atomic E-state index is 12.2. The molecule has 2 amide bonds. The fourth-order valence-corrected chi connectivity index (χ4v) is 4.72. The molecule has 1 aromatic carbocycles. The topological polar surface area (TPSA) is 70.6 Å². The van der Waals surface area contributed by atoms with Crippen molar-refractivity contribution in [2.45, 2.75) is 30.6 Å². The molecule has 2 aliphatic carbocycles. The number of allylic oxidation sites excluding steroid dienone is 1. The summed E-state index contributed by atoms with van der Waals surface area (Å²) in [6.45, 7) is 0. The van der Waals surface area contributed by atoms with Crippen LogP contribution in [0.4, 0.5) is 5.69 Å². The summed E-state index contributed by atoms with van der Waals surface area (Å²) >= 11 is 7.19. The van der Waals surface area contributed by atoms with Gasteiger partial charge in [-0.3, -0.25) is 14.6 Å². The SMILES string of the molecule is O=C(C[C@@H]1SC(=N[C@@H]2C[C@H]3C=C[C@H]2C3)NC1=O)Nc1ccc(Cl)cc1. The number of hydrogen-bond donors (Lipinski definition) is 2. The lowest BCUT2D eigenvalue weighted by molar-refractivity contribution is -0.122. The Morgan fingerprint density at radius 2 is 2.08 bits per heavy atom. The van der Waals surface area contributed by atoms with Crippen molar-refractivity contribution in [2.24, 2.45) is 16.8 Å². The van der Waals surface area contributed by atoms with Crippen LogP contribution in [-0.4, -0.2) is 28.3 Å². The standard InChI is InChI=1S/C18H18ClN3O2S/c19-12-3-5-13(6-4-12)20-16(23)9-15-17(24)22-18(25-15)21-14-8-10-1-2-11(14)7-10/h1-6,10-11,14-15H,7-9H2,(H,20,23)(H,21,22,24)/t10-,11-,14+,15-/m0/s1. The molecule has 0 radical (unpaired) electrons. The van der Waals surface area contributed by atoms with Crippen molar-refractivity contribution < 1.29 is 9.59 Å². The number of thioether (sulfide) groups is 1. The van der Waals surface area contributed by atoms with E-state index in [4.69, 9.17) is 16.6 Å². The zero-order chi connectivity index (χ0) is 17.4. The molecule has 1 saturated carbocycles. The minimum Gasteiger partial charge on any atom is -0.326 e. The van der Waals surface area contributed by atoms with Gasteiger partial charge in [-0.1, -0.05) is 35.5 Å². The Morgan fingerprint density at radius 3 is 2.76 bits per heavy atom. The van der Waals surface area contributed by atoms with Crippen molar-refractivity contribution in [3.8, 4) is 0 Å². The number of carbonyl (C=O) groups is 2. The minimum absolute atomic E-state index is 0.120. The molecule has 0 aromatic heterocycles. The molecule has 1 aromatic rings. The van der Waals surface area contributed by atoms with Gasteiger partial charge in [0.15, 0.2) is 5.17 Å². The normalized spacial score (nSPS) is 31.6. The highest BCUT2D eigenvalue weighted by Gasteiger charge is 2.38. The van der Waals surface area contributed by atoms with Gasteiger partial charge in [0.05, 0.1) is 6.04 Å². The van der Waals surface area contributed by atoms with Gasteiger partial charge in [0.1, 0.15) is 5.25 Å². The zero-order valence-electron chi connectivity index (χ0n) is 13.4. The highest BCUT2D eigenvalue weighted by molar-refractivity contribution is 8.15. The summed E-state index contributed by atoms with van der Waals surface area (Å²) in [6, 6.07) is 7.15. The Balaban J connectivity index is 1.33. The molecule has 25 heavy (non-hydrogen) atoms. The summed E-state index contributed by atoms with van der Waals surface area (Å²) in [4.78, 5) is 29.0. The predicted octanol–water partition coefficient (Wildman–Crippen LogP) is 3.22. The summed E-state index contributed by atoms with van der Waals surface area (Å²) in [6.07, 6.45) is 6.86. The molecule has 2 N–H and O–H groups in total. The first-order valence-corrected chi connectivity index (χ1v) is 9.61. The first-order valence-electron chi connectivity index (χ1n) is 8.36. The van der Waals surface area contributed by atoms with E-state index in [1.54, 1.807) is 24.3 Å². The van der Waals surface area contributed by atoms with Crippen LogP contribution in [0.5, 0.6) is 0 Å². The highest BCUT2D eigenvalue weighted by atomic mass is 35.5. The second-order valence-electron chi connectivity index (χ2n) is 6.64. The molecule has 4 rings (SSSR count). The summed E-state index contributed by atoms with van der Waals surface area (Å²) in [5.41, 5.74) is 0.667. The first kappa shape index (κ1) is 16.7. The molecule has 0 unspecified atom stereocenters. The molecule has 4 atom stereocenters. The molecule has 130 valence electrons. The van der Waals surface area contributed by atoms with Crippen LogP contribution in [0.3, 0.4) is 0 Å². The average Bonchev–Trinajstić information content (AvgIpc) is 3.27. The lowest BCUT2D eigenvalue weighted by atomic mass is 10.0. The Hall–Kier alpha value is -1.79. The first-order chi connectivity index (χ1) is 12.1. The van der Waals surface area contributed by atoms with E-state index in [0.29, 0.717) is 27.7 Å². The molecule has 3 aliphatic rings. The summed E-state index contributed by atoms with van der Waals surface area (Å²) in [5.74, 6) is 0.803. The number of amides is 2. The molecular formula is C18H18ClN3O2S. The maximum atomic E-state index is 12.2. The summed E-state index contributed by atoms with van der Waals surface area (Å²) < 4.78 is 0. The van der Waals surface area contributed by atoms with E-state index in [0.717, 1.165) is 6.42 Å². The molecule has 7 heteroatoms. The van der Waals surface area contributed by atoms with Crippen molar-refractivity contribution in [1.29, 1.82) is 0 Å². The predicted molar refractivity (Wildman–Crippen MR) is 101 cm³/mol. The second kappa shape index (κ2) is 6.84. The molecule has 1 saturated heterocycles. The van der Waals surface area contributed by atoms with E-state index in [2.05, 4.69) is 22.8 Å². The third kappa shape index (κ3) is 3.75. The minimum atomic E-state index is -0.430. The largest absolute Gasteiger partial charge is 0.326 e. The van der Waals surface area contributed by atoms with E-state index in [9.17, 15) is 9.59 Å². The molecule has 1 aliphatic heterocycles. The smallest absolute Gasteiger partial charge is 0.240 e. The van der Waals surface area contributed by atoms with Gasteiger partial charge in [-0.15, -0.1) is 0 Å². The van der Waals surface area contributed by atoms with Crippen LogP contribution in [0, 0.1) is 11.8 Å². The van der Waals surface area contributed by atoms with E-state index in [1.807, 2.05) is 0 Å². The van der Waals surface area contributed by atoms with Crippen LogP contribution in [0.1, 0.15) is 19.3 Å². The van der Waals surface area contributed by atoms with Gasteiger partial charge in [0.25, 0.3) is 0 Å².